The number of carbonyl (C=O) groups excluding carboxylic acids is 1. The van der Waals surface area contributed by atoms with Gasteiger partial charge in [-0.3, -0.25) is 9.48 Å². The highest BCUT2D eigenvalue weighted by Gasteiger charge is 2.23. The van der Waals surface area contributed by atoms with Crippen LogP contribution in [0, 0.1) is 6.92 Å². The summed E-state index contributed by atoms with van der Waals surface area (Å²) in [6, 6.07) is 11.3. The summed E-state index contributed by atoms with van der Waals surface area (Å²) in [6.07, 6.45) is 7.95. The zero-order valence-corrected chi connectivity index (χ0v) is 22.2. The Bertz CT molecular complexity index is 1730. The van der Waals surface area contributed by atoms with Crippen LogP contribution in [0.15, 0.2) is 67.8 Å². The van der Waals surface area contributed by atoms with E-state index in [1.54, 1.807) is 15.8 Å². The van der Waals surface area contributed by atoms with Crippen LogP contribution in [0.3, 0.4) is 0 Å². The van der Waals surface area contributed by atoms with E-state index < -0.39 is 0 Å². The Kier molecular flexibility index (Phi) is 6.69. The van der Waals surface area contributed by atoms with Crippen molar-refractivity contribution in [1.82, 2.24) is 34.6 Å². The summed E-state index contributed by atoms with van der Waals surface area (Å²) in [5.74, 6) is 2.18. The molecule has 202 valence electrons. The second-order valence-corrected chi connectivity index (χ2v) is 9.68. The summed E-state index contributed by atoms with van der Waals surface area (Å²) in [5, 5.41) is 8.73. The van der Waals surface area contributed by atoms with Gasteiger partial charge in [0.1, 0.15) is 23.7 Å². The van der Waals surface area contributed by atoms with Crippen molar-refractivity contribution in [2.75, 3.05) is 18.4 Å². The first kappa shape index (κ1) is 25.2. The van der Waals surface area contributed by atoms with E-state index in [0.29, 0.717) is 47.5 Å². The van der Waals surface area contributed by atoms with Crippen LogP contribution in [0.5, 0.6) is 17.5 Å². The summed E-state index contributed by atoms with van der Waals surface area (Å²) >= 11 is 0. The third-order valence-corrected chi connectivity index (χ3v) is 6.80. The number of fused-ring (bicyclic) bond motifs is 2. The Balaban J connectivity index is 1.17. The number of benzene rings is 1. The van der Waals surface area contributed by atoms with Crippen LogP contribution in [0.2, 0.25) is 0 Å². The Morgan fingerprint density at radius 2 is 1.93 bits per heavy atom. The molecule has 1 fully saturated rings. The molecule has 0 saturated carbocycles. The third kappa shape index (κ3) is 5.26. The molecule has 0 unspecified atom stereocenters. The summed E-state index contributed by atoms with van der Waals surface area (Å²) in [5.41, 5.74) is 3.87. The van der Waals surface area contributed by atoms with Crippen LogP contribution in [0.25, 0.3) is 21.9 Å². The van der Waals surface area contributed by atoms with Crippen molar-refractivity contribution in [3.63, 3.8) is 0 Å². The van der Waals surface area contributed by atoms with Crippen molar-refractivity contribution < 1.29 is 14.3 Å². The van der Waals surface area contributed by atoms with Gasteiger partial charge in [-0.25, -0.2) is 19.9 Å². The predicted octanol–water partition coefficient (Wildman–Crippen LogP) is 4.71. The van der Waals surface area contributed by atoms with Crippen molar-refractivity contribution in [3.05, 3.63) is 73.3 Å². The Morgan fingerprint density at radius 3 is 2.73 bits per heavy atom. The number of pyridine rings is 2. The molecule has 1 aliphatic heterocycles. The number of rotatable bonds is 7. The molecular formula is C29H28N8O3. The number of piperidine rings is 1. The first-order chi connectivity index (χ1) is 19.4. The number of hydrogen-bond donors (Lipinski definition) is 1. The molecule has 11 nitrogen and oxygen atoms in total. The van der Waals surface area contributed by atoms with Crippen molar-refractivity contribution in [2.24, 2.45) is 7.05 Å². The van der Waals surface area contributed by atoms with Crippen LogP contribution in [-0.4, -0.2) is 59.7 Å². The van der Waals surface area contributed by atoms with E-state index >= 15 is 0 Å². The zero-order valence-electron chi connectivity index (χ0n) is 22.2. The van der Waals surface area contributed by atoms with Gasteiger partial charge in [0, 0.05) is 68.6 Å². The number of nitrogens with zero attached hydrogens (tertiary/aromatic N) is 7. The summed E-state index contributed by atoms with van der Waals surface area (Å²) < 4.78 is 14.0. The molecule has 0 atom stereocenters. The molecule has 1 N–H and O–H groups in total. The zero-order chi connectivity index (χ0) is 27.6. The minimum atomic E-state index is -0.0485. The monoisotopic (exact) mass is 536 g/mol. The average molecular weight is 537 g/mol. The molecule has 0 radical (unpaired) electrons. The fraction of sp³-hybridized carbons (Fsp3) is 0.241. The quantitative estimate of drug-likeness (QED) is 0.295. The van der Waals surface area contributed by atoms with E-state index in [-0.39, 0.29) is 12.0 Å². The van der Waals surface area contributed by atoms with Crippen molar-refractivity contribution >= 4 is 39.3 Å². The van der Waals surface area contributed by atoms with Crippen LogP contribution in [0.1, 0.15) is 18.4 Å². The average Bonchev–Trinajstić information content (AvgIpc) is 3.34. The highest BCUT2D eigenvalue weighted by Crippen LogP contribution is 2.30. The van der Waals surface area contributed by atoms with Gasteiger partial charge in [0.15, 0.2) is 5.82 Å². The Hall–Kier alpha value is -5.06. The van der Waals surface area contributed by atoms with Crippen LogP contribution >= 0.6 is 0 Å². The van der Waals surface area contributed by atoms with E-state index in [2.05, 4.69) is 31.9 Å². The maximum absolute atomic E-state index is 11.9. The summed E-state index contributed by atoms with van der Waals surface area (Å²) in [7, 11) is 1.87. The lowest BCUT2D eigenvalue weighted by molar-refractivity contribution is -0.127. The van der Waals surface area contributed by atoms with E-state index in [9.17, 15) is 4.79 Å². The lowest BCUT2D eigenvalue weighted by Gasteiger charge is -2.31. The maximum atomic E-state index is 11.9. The molecule has 6 rings (SSSR count). The molecule has 0 aliphatic carbocycles. The number of carbonyl (C=O) groups is 1. The van der Waals surface area contributed by atoms with Crippen molar-refractivity contribution in [1.29, 1.82) is 0 Å². The Morgan fingerprint density at radius 1 is 1.07 bits per heavy atom. The van der Waals surface area contributed by atoms with E-state index in [1.807, 2.05) is 56.6 Å². The fourth-order valence-corrected chi connectivity index (χ4v) is 4.74. The van der Waals surface area contributed by atoms with Gasteiger partial charge in [-0.1, -0.05) is 6.58 Å². The van der Waals surface area contributed by atoms with Gasteiger partial charge in [0.05, 0.1) is 11.0 Å². The molecule has 11 heteroatoms. The van der Waals surface area contributed by atoms with Crippen LogP contribution in [0.4, 0.5) is 11.5 Å². The van der Waals surface area contributed by atoms with Gasteiger partial charge in [0.2, 0.25) is 17.7 Å². The molecule has 5 heterocycles. The molecule has 1 saturated heterocycles. The molecular weight excluding hydrogens is 508 g/mol. The SMILES string of the molecule is C=CC(=O)N1CCC(Oc2ccc3ncnc(Nc4ccc(Oc5cc6nn(C)cc6cn5)c(C)c4)c3n2)CC1. The van der Waals surface area contributed by atoms with Crippen LogP contribution in [-0.2, 0) is 11.8 Å². The second kappa shape index (κ2) is 10.6. The largest absolute Gasteiger partial charge is 0.474 e. The molecule has 0 bridgehead atoms. The number of aromatic nitrogens is 6. The molecule has 1 aliphatic rings. The van der Waals surface area contributed by atoms with Gasteiger partial charge in [-0.2, -0.15) is 5.10 Å². The third-order valence-electron chi connectivity index (χ3n) is 6.80. The minimum Gasteiger partial charge on any atom is -0.474 e. The highest BCUT2D eigenvalue weighted by atomic mass is 16.5. The van der Waals surface area contributed by atoms with Gasteiger partial charge in [-0.15, -0.1) is 0 Å². The van der Waals surface area contributed by atoms with E-state index in [0.717, 1.165) is 35.0 Å². The van der Waals surface area contributed by atoms with Gasteiger partial charge in [-0.05, 0) is 42.8 Å². The molecule has 1 amide bonds. The normalized spacial score (nSPS) is 13.9. The number of amides is 1. The molecule has 4 aromatic heterocycles. The lowest BCUT2D eigenvalue weighted by atomic mass is 10.1. The Labute approximate surface area is 230 Å². The van der Waals surface area contributed by atoms with Gasteiger partial charge >= 0.3 is 0 Å². The number of likely N-dealkylation sites (tertiary alicyclic amines) is 1. The number of hydrogen-bond acceptors (Lipinski definition) is 9. The minimum absolute atomic E-state index is 0.0251. The molecule has 0 spiro atoms. The standard InChI is InChI=1S/C29H28N8O3/c1-4-27(38)37-11-9-21(10-12-37)39-25-8-6-22-28(34-25)29(32-17-31-22)33-20-5-7-24(18(2)13-20)40-26-14-23-19(15-30-26)16-36(3)35-23/h4-8,13-17,21H,1,9-12H2,2-3H3,(H,31,32,33). The molecule has 1 aromatic carbocycles. The summed E-state index contributed by atoms with van der Waals surface area (Å²) in [4.78, 5) is 31.5. The topological polar surface area (TPSA) is 120 Å². The van der Waals surface area contributed by atoms with Crippen molar-refractivity contribution in [2.45, 2.75) is 25.9 Å². The van der Waals surface area contributed by atoms with Gasteiger partial charge in [0.25, 0.3) is 0 Å². The second-order valence-electron chi connectivity index (χ2n) is 9.68. The number of nitrogens with one attached hydrogen (secondary N) is 1. The van der Waals surface area contributed by atoms with Gasteiger partial charge < -0.3 is 19.7 Å². The number of aryl methyl sites for hydroxylation is 2. The number of ether oxygens (including phenoxy) is 2. The maximum Gasteiger partial charge on any atom is 0.245 e. The predicted molar refractivity (Wildman–Crippen MR) is 151 cm³/mol. The smallest absolute Gasteiger partial charge is 0.245 e. The first-order valence-electron chi connectivity index (χ1n) is 13.0. The van der Waals surface area contributed by atoms with Crippen molar-refractivity contribution in [3.8, 4) is 17.5 Å². The fourth-order valence-electron chi connectivity index (χ4n) is 4.74. The first-order valence-corrected chi connectivity index (χ1v) is 13.0. The molecule has 5 aromatic rings. The van der Waals surface area contributed by atoms with E-state index in [1.165, 1.54) is 12.4 Å². The van der Waals surface area contributed by atoms with E-state index in [4.69, 9.17) is 14.5 Å². The molecule has 40 heavy (non-hydrogen) atoms. The highest BCUT2D eigenvalue weighted by molar-refractivity contribution is 5.88. The summed E-state index contributed by atoms with van der Waals surface area (Å²) in [6.45, 7) is 6.79. The number of anilines is 2. The lowest BCUT2D eigenvalue weighted by Crippen LogP contribution is -2.41. The van der Waals surface area contributed by atoms with Crippen LogP contribution < -0.4 is 14.8 Å².